The summed E-state index contributed by atoms with van der Waals surface area (Å²) in [5.74, 6) is -0.956. The zero-order valence-corrected chi connectivity index (χ0v) is 12.0. The summed E-state index contributed by atoms with van der Waals surface area (Å²) >= 11 is 0. The van der Waals surface area contributed by atoms with Gasteiger partial charge in [0.25, 0.3) is 5.91 Å². The zero-order valence-electron chi connectivity index (χ0n) is 12.0. The van der Waals surface area contributed by atoms with E-state index in [1.54, 1.807) is 0 Å². The number of nitrogens with one attached hydrogen (secondary N) is 1. The van der Waals surface area contributed by atoms with E-state index in [-0.39, 0.29) is 6.54 Å². The van der Waals surface area contributed by atoms with Gasteiger partial charge < -0.3 is 5.32 Å². The van der Waals surface area contributed by atoms with Crippen LogP contribution in [-0.2, 0) is 18.9 Å². The third kappa shape index (κ3) is 4.27. The number of rotatable bonds is 3. The third-order valence-corrected chi connectivity index (χ3v) is 3.21. The monoisotopic (exact) mass is 347 g/mol. The molecule has 1 amide bonds. The van der Waals surface area contributed by atoms with Gasteiger partial charge in [-0.25, -0.2) is 0 Å². The van der Waals surface area contributed by atoms with Crippen LogP contribution in [0.5, 0.6) is 0 Å². The molecular weight excluding hydrogens is 336 g/mol. The number of hydrogen-bond acceptors (Lipinski definition) is 1. The van der Waals surface area contributed by atoms with Gasteiger partial charge >= 0.3 is 12.4 Å². The Balaban J connectivity index is 2.09. The van der Waals surface area contributed by atoms with Gasteiger partial charge in [-0.05, 0) is 29.8 Å². The molecular formula is C16H11F6NO. The summed E-state index contributed by atoms with van der Waals surface area (Å²) in [6.45, 7) is -0.191. The first-order chi connectivity index (χ1) is 11.1. The Kier molecular flexibility index (Phi) is 4.86. The van der Waals surface area contributed by atoms with Crippen LogP contribution in [0.2, 0.25) is 0 Å². The van der Waals surface area contributed by atoms with E-state index in [0.717, 1.165) is 42.5 Å². The topological polar surface area (TPSA) is 29.1 Å². The fraction of sp³-hybridized carbons (Fsp3) is 0.188. The predicted octanol–water partition coefficient (Wildman–Crippen LogP) is 4.65. The molecule has 0 saturated heterocycles. The van der Waals surface area contributed by atoms with Gasteiger partial charge in [0.1, 0.15) is 0 Å². The fourth-order valence-corrected chi connectivity index (χ4v) is 2.02. The largest absolute Gasteiger partial charge is 0.417 e. The molecule has 0 unspecified atom stereocenters. The SMILES string of the molecule is O=C(NCc1ccc(C(F)(F)F)cc1)c1ccccc1C(F)(F)F. The summed E-state index contributed by atoms with van der Waals surface area (Å²) in [6, 6.07) is 8.25. The molecule has 128 valence electrons. The highest BCUT2D eigenvalue weighted by atomic mass is 19.4. The minimum atomic E-state index is -4.68. The summed E-state index contributed by atoms with van der Waals surface area (Å²) in [4.78, 5) is 11.9. The molecule has 0 aliphatic heterocycles. The van der Waals surface area contributed by atoms with Crippen molar-refractivity contribution in [1.82, 2.24) is 5.32 Å². The van der Waals surface area contributed by atoms with E-state index in [1.807, 2.05) is 0 Å². The zero-order chi connectivity index (χ0) is 18.0. The molecule has 2 nitrogen and oxygen atoms in total. The molecule has 24 heavy (non-hydrogen) atoms. The molecule has 0 aliphatic carbocycles. The summed E-state index contributed by atoms with van der Waals surface area (Å²) in [5.41, 5.74) is -2.13. The first-order valence-electron chi connectivity index (χ1n) is 6.69. The molecule has 0 atom stereocenters. The van der Waals surface area contributed by atoms with Crippen molar-refractivity contribution in [3.63, 3.8) is 0 Å². The minimum Gasteiger partial charge on any atom is -0.348 e. The Morgan fingerprint density at radius 2 is 1.42 bits per heavy atom. The highest BCUT2D eigenvalue weighted by Crippen LogP contribution is 2.32. The Bertz CT molecular complexity index is 719. The number of halogens is 6. The van der Waals surface area contributed by atoms with Crippen LogP contribution in [0.1, 0.15) is 27.0 Å². The van der Waals surface area contributed by atoms with Crippen molar-refractivity contribution in [2.24, 2.45) is 0 Å². The lowest BCUT2D eigenvalue weighted by Gasteiger charge is -2.13. The van der Waals surface area contributed by atoms with Crippen LogP contribution < -0.4 is 5.32 Å². The first-order valence-corrected chi connectivity index (χ1v) is 6.69. The van der Waals surface area contributed by atoms with E-state index >= 15 is 0 Å². The Morgan fingerprint density at radius 3 is 1.96 bits per heavy atom. The lowest BCUT2D eigenvalue weighted by molar-refractivity contribution is -0.138. The molecule has 0 heterocycles. The normalized spacial score (nSPS) is 12.1. The molecule has 2 aromatic carbocycles. The maximum Gasteiger partial charge on any atom is 0.417 e. The van der Waals surface area contributed by atoms with Gasteiger partial charge in [0.2, 0.25) is 0 Å². The van der Waals surface area contributed by atoms with Crippen molar-refractivity contribution >= 4 is 5.91 Å². The second-order valence-electron chi connectivity index (χ2n) is 4.92. The average molecular weight is 347 g/mol. The fourth-order valence-electron chi connectivity index (χ4n) is 2.02. The van der Waals surface area contributed by atoms with Gasteiger partial charge in [0, 0.05) is 6.54 Å². The van der Waals surface area contributed by atoms with E-state index in [9.17, 15) is 31.1 Å². The Hall–Kier alpha value is -2.51. The van der Waals surface area contributed by atoms with Crippen LogP contribution in [0.15, 0.2) is 48.5 Å². The van der Waals surface area contributed by atoms with Gasteiger partial charge in [-0.15, -0.1) is 0 Å². The lowest BCUT2D eigenvalue weighted by Crippen LogP contribution is -2.25. The van der Waals surface area contributed by atoms with Gasteiger partial charge in [-0.1, -0.05) is 24.3 Å². The van der Waals surface area contributed by atoms with E-state index in [1.165, 1.54) is 6.07 Å². The molecule has 2 rings (SSSR count). The van der Waals surface area contributed by atoms with Crippen molar-refractivity contribution in [3.8, 4) is 0 Å². The molecule has 0 aromatic heterocycles. The van der Waals surface area contributed by atoms with Crippen LogP contribution in [-0.4, -0.2) is 5.91 Å². The predicted molar refractivity (Wildman–Crippen MR) is 74.1 cm³/mol. The van der Waals surface area contributed by atoms with Crippen LogP contribution in [0, 0.1) is 0 Å². The van der Waals surface area contributed by atoms with Crippen molar-refractivity contribution in [2.45, 2.75) is 18.9 Å². The molecule has 0 aliphatic rings. The summed E-state index contributed by atoms with van der Waals surface area (Å²) in [6.07, 6.45) is -9.16. The van der Waals surface area contributed by atoms with Crippen LogP contribution in [0.25, 0.3) is 0 Å². The maximum atomic E-state index is 12.8. The molecule has 0 radical (unpaired) electrons. The average Bonchev–Trinajstić information content (AvgIpc) is 2.51. The van der Waals surface area contributed by atoms with Crippen LogP contribution in [0.4, 0.5) is 26.3 Å². The van der Waals surface area contributed by atoms with E-state index in [4.69, 9.17) is 0 Å². The molecule has 0 bridgehead atoms. The van der Waals surface area contributed by atoms with E-state index < -0.39 is 35.0 Å². The summed E-state index contributed by atoms with van der Waals surface area (Å²) in [7, 11) is 0. The Labute approximate surface area is 133 Å². The van der Waals surface area contributed by atoms with E-state index in [2.05, 4.69) is 5.32 Å². The molecule has 8 heteroatoms. The van der Waals surface area contributed by atoms with E-state index in [0.29, 0.717) is 5.56 Å². The maximum absolute atomic E-state index is 12.8. The smallest absolute Gasteiger partial charge is 0.348 e. The molecule has 1 N–H and O–H groups in total. The molecule has 0 spiro atoms. The number of carbonyl (C=O) groups is 1. The van der Waals surface area contributed by atoms with Crippen LogP contribution >= 0.6 is 0 Å². The summed E-state index contributed by atoms with van der Waals surface area (Å²) in [5, 5.41) is 2.27. The molecule has 0 saturated carbocycles. The van der Waals surface area contributed by atoms with Crippen LogP contribution in [0.3, 0.4) is 0 Å². The standard InChI is InChI=1S/C16H11F6NO/c17-15(18,19)11-7-5-10(6-8-11)9-23-14(24)12-3-1-2-4-13(12)16(20,21)22/h1-8H,9H2,(H,23,24). The van der Waals surface area contributed by atoms with Crippen molar-refractivity contribution in [3.05, 3.63) is 70.8 Å². The lowest BCUT2D eigenvalue weighted by atomic mass is 10.1. The van der Waals surface area contributed by atoms with Gasteiger partial charge in [0.05, 0.1) is 16.7 Å². The third-order valence-electron chi connectivity index (χ3n) is 3.21. The highest BCUT2D eigenvalue weighted by molar-refractivity contribution is 5.95. The second-order valence-corrected chi connectivity index (χ2v) is 4.92. The van der Waals surface area contributed by atoms with Crippen molar-refractivity contribution in [1.29, 1.82) is 0 Å². The van der Waals surface area contributed by atoms with Crippen molar-refractivity contribution in [2.75, 3.05) is 0 Å². The second kappa shape index (κ2) is 6.54. The van der Waals surface area contributed by atoms with Gasteiger partial charge in [-0.3, -0.25) is 4.79 Å². The number of alkyl halides is 6. The number of amides is 1. The summed E-state index contributed by atoms with van der Waals surface area (Å²) < 4.78 is 75.8. The van der Waals surface area contributed by atoms with Crippen molar-refractivity contribution < 1.29 is 31.1 Å². The minimum absolute atomic E-state index is 0.191. The highest BCUT2D eigenvalue weighted by Gasteiger charge is 2.34. The molecule has 2 aromatic rings. The Morgan fingerprint density at radius 1 is 0.833 bits per heavy atom. The van der Waals surface area contributed by atoms with Gasteiger partial charge in [0.15, 0.2) is 0 Å². The first kappa shape index (κ1) is 17.8. The number of benzene rings is 2. The van der Waals surface area contributed by atoms with Gasteiger partial charge in [-0.2, -0.15) is 26.3 Å². The quantitative estimate of drug-likeness (QED) is 0.805. The molecule has 0 fully saturated rings. The number of hydrogen-bond donors (Lipinski definition) is 1. The number of carbonyl (C=O) groups excluding carboxylic acids is 1.